The molecule has 8 nitrogen and oxygen atoms in total. The second-order valence-electron chi connectivity index (χ2n) is 6.71. The molecule has 1 heterocycles. The molecule has 1 aliphatic rings. The average Bonchev–Trinajstić information content (AvgIpc) is 2.76. The highest BCUT2D eigenvalue weighted by Crippen LogP contribution is 2.21. The van der Waals surface area contributed by atoms with Crippen molar-refractivity contribution in [2.24, 2.45) is 0 Å². The lowest BCUT2D eigenvalue weighted by molar-refractivity contribution is -0.123. The molecule has 0 radical (unpaired) electrons. The van der Waals surface area contributed by atoms with E-state index in [2.05, 4.69) is 5.32 Å². The lowest BCUT2D eigenvalue weighted by atomic mass is 10.2. The van der Waals surface area contributed by atoms with Gasteiger partial charge in [0, 0.05) is 18.8 Å². The minimum atomic E-state index is -3.75. The Bertz CT molecular complexity index is 1090. The number of benzene rings is 2. The van der Waals surface area contributed by atoms with Gasteiger partial charge in [0.2, 0.25) is 10.0 Å². The molecule has 1 amide bonds. The fourth-order valence-corrected chi connectivity index (χ4v) is 4.27. The van der Waals surface area contributed by atoms with Crippen molar-refractivity contribution in [3.05, 3.63) is 59.7 Å². The van der Waals surface area contributed by atoms with E-state index < -0.39 is 39.6 Å². The summed E-state index contributed by atoms with van der Waals surface area (Å²) in [6.45, 7) is 2.36. The standard InChI is InChI=1S/C20H20F2N2O6S/c1-13(30-20(26)14-5-6-17(21)18(22)11-14)19(25)23-15-3-2-4-16(12-15)31(27,28)24-7-9-29-10-8-24/h2-6,11-13H,7-10H2,1H3,(H,23,25). The number of sulfonamides is 1. The van der Waals surface area contributed by atoms with Crippen molar-refractivity contribution in [2.75, 3.05) is 31.6 Å². The van der Waals surface area contributed by atoms with Crippen LogP contribution in [0.5, 0.6) is 0 Å². The van der Waals surface area contributed by atoms with Gasteiger partial charge >= 0.3 is 5.97 Å². The molecule has 1 N–H and O–H groups in total. The second-order valence-corrected chi connectivity index (χ2v) is 8.65. The molecular weight excluding hydrogens is 434 g/mol. The van der Waals surface area contributed by atoms with Crippen LogP contribution in [0.2, 0.25) is 0 Å². The van der Waals surface area contributed by atoms with Crippen LogP contribution in [0, 0.1) is 11.6 Å². The Morgan fingerprint density at radius 2 is 1.81 bits per heavy atom. The molecule has 1 unspecified atom stereocenters. The predicted molar refractivity (Wildman–Crippen MR) is 106 cm³/mol. The Labute approximate surface area is 177 Å². The third-order valence-corrected chi connectivity index (χ3v) is 6.41. The van der Waals surface area contributed by atoms with Crippen molar-refractivity contribution in [3.8, 4) is 0 Å². The molecule has 1 saturated heterocycles. The van der Waals surface area contributed by atoms with Crippen molar-refractivity contribution >= 4 is 27.6 Å². The highest BCUT2D eigenvalue weighted by atomic mass is 32.2. The highest BCUT2D eigenvalue weighted by Gasteiger charge is 2.27. The Kier molecular flexibility index (Phi) is 6.98. The van der Waals surface area contributed by atoms with E-state index >= 15 is 0 Å². The summed E-state index contributed by atoms with van der Waals surface area (Å²) in [5.74, 6) is -4.07. The van der Waals surface area contributed by atoms with E-state index in [-0.39, 0.29) is 29.2 Å². The van der Waals surface area contributed by atoms with Crippen molar-refractivity contribution in [2.45, 2.75) is 17.9 Å². The first-order valence-corrected chi connectivity index (χ1v) is 10.8. The summed E-state index contributed by atoms with van der Waals surface area (Å²) in [5.41, 5.74) is -0.0628. The molecular formula is C20H20F2N2O6S. The SMILES string of the molecule is CC(OC(=O)c1ccc(F)c(F)c1)C(=O)Nc1cccc(S(=O)(=O)N2CCOCC2)c1. The van der Waals surface area contributed by atoms with Crippen LogP contribution in [0.15, 0.2) is 47.4 Å². The number of nitrogens with zero attached hydrogens (tertiary/aromatic N) is 1. The number of carbonyl (C=O) groups excluding carboxylic acids is 2. The zero-order chi connectivity index (χ0) is 22.6. The van der Waals surface area contributed by atoms with Gasteiger partial charge in [0.25, 0.3) is 5.91 Å². The molecule has 0 aromatic heterocycles. The van der Waals surface area contributed by atoms with Gasteiger partial charge in [-0.15, -0.1) is 0 Å². The molecule has 3 rings (SSSR count). The van der Waals surface area contributed by atoms with Crippen LogP contribution in [0.25, 0.3) is 0 Å². The summed E-state index contributed by atoms with van der Waals surface area (Å²) < 4.78 is 63.2. The second kappa shape index (κ2) is 9.50. The maximum Gasteiger partial charge on any atom is 0.339 e. The molecule has 1 aliphatic heterocycles. The summed E-state index contributed by atoms with van der Waals surface area (Å²) in [5, 5.41) is 2.48. The van der Waals surface area contributed by atoms with Crippen molar-refractivity contribution in [3.63, 3.8) is 0 Å². The molecule has 2 aromatic rings. The average molecular weight is 454 g/mol. The topological polar surface area (TPSA) is 102 Å². The Balaban J connectivity index is 1.66. The summed E-state index contributed by atoms with van der Waals surface area (Å²) >= 11 is 0. The van der Waals surface area contributed by atoms with Crippen LogP contribution in [-0.2, 0) is 24.3 Å². The van der Waals surface area contributed by atoms with Gasteiger partial charge in [0.05, 0.1) is 23.7 Å². The third kappa shape index (κ3) is 5.43. The van der Waals surface area contributed by atoms with E-state index in [1.807, 2.05) is 0 Å². The Morgan fingerprint density at radius 1 is 1.10 bits per heavy atom. The van der Waals surface area contributed by atoms with Gasteiger partial charge in [-0.2, -0.15) is 4.31 Å². The van der Waals surface area contributed by atoms with E-state index in [9.17, 15) is 26.8 Å². The number of nitrogens with one attached hydrogen (secondary N) is 1. The number of ether oxygens (including phenoxy) is 2. The number of carbonyl (C=O) groups is 2. The Morgan fingerprint density at radius 3 is 2.48 bits per heavy atom. The monoisotopic (exact) mass is 454 g/mol. The van der Waals surface area contributed by atoms with Crippen molar-refractivity contribution in [1.29, 1.82) is 0 Å². The summed E-state index contributed by atoms with van der Waals surface area (Å²) in [6, 6.07) is 8.14. The smallest absolute Gasteiger partial charge is 0.339 e. The van der Waals surface area contributed by atoms with E-state index in [1.54, 1.807) is 0 Å². The third-order valence-electron chi connectivity index (χ3n) is 4.52. The van der Waals surface area contributed by atoms with Gasteiger partial charge in [-0.05, 0) is 43.3 Å². The normalized spacial score (nSPS) is 15.8. The largest absolute Gasteiger partial charge is 0.449 e. The molecule has 0 aliphatic carbocycles. The number of halogens is 2. The minimum absolute atomic E-state index is 0.00126. The number of amides is 1. The number of esters is 1. The number of anilines is 1. The molecule has 11 heteroatoms. The van der Waals surface area contributed by atoms with Crippen LogP contribution in [0.1, 0.15) is 17.3 Å². The summed E-state index contributed by atoms with van der Waals surface area (Å²) in [6.07, 6.45) is -1.28. The lowest BCUT2D eigenvalue weighted by Gasteiger charge is -2.26. The van der Waals surface area contributed by atoms with Crippen LogP contribution < -0.4 is 5.32 Å². The van der Waals surface area contributed by atoms with Crippen molar-refractivity contribution < 1.29 is 36.3 Å². The minimum Gasteiger partial charge on any atom is -0.449 e. The molecule has 0 saturated carbocycles. The maximum absolute atomic E-state index is 13.3. The first-order valence-electron chi connectivity index (χ1n) is 9.33. The molecule has 1 atom stereocenters. The fourth-order valence-electron chi connectivity index (χ4n) is 2.82. The van der Waals surface area contributed by atoms with Crippen LogP contribution in [-0.4, -0.2) is 57.0 Å². The van der Waals surface area contributed by atoms with Crippen LogP contribution in [0.3, 0.4) is 0 Å². The lowest BCUT2D eigenvalue weighted by Crippen LogP contribution is -2.40. The Hall–Kier alpha value is -2.89. The van der Waals surface area contributed by atoms with Gasteiger partial charge in [-0.3, -0.25) is 4.79 Å². The van der Waals surface area contributed by atoms with Gasteiger partial charge in [0.1, 0.15) is 0 Å². The van der Waals surface area contributed by atoms with Crippen LogP contribution in [0.4, 0.5) is 14.5 Å². The molecule has 31 heavy (non-hydrogen) atoms. The zero-order valence-corrected chi connectivity index (χ0v) is 17.3. The van der Waals surface area contributed by atoms with Gasteiger partial charge in [-0.1, -0.05) is 6.07 Å². The van der Waals surface area contributed by atoms with E-state index in [0.717, 1.165) is 12.1 Å². The van der Waals surface area contributed by atoms with Crippen LogP contribution >= 0.6 is 0 Å². The number of hydrogen-bond donors (Lipinski definition) is 1. The number of morpholine rings is 1. The van der Waals surface area contributed by atoms with Crippen molar-refractivity contribution in [1.82, 2.24) is 4.31 Å². The zero-order valence-electron chi connectivity index (χ0n) is 16.5. The first kappa shape index (κ1) is 22.8. The molecule has 0 bridgehead atoms. The first-order chi connectivity index (χ1) is 14.7. The number of hydrogen-bond acceptors (Lipinski definition) is 6. The number of rotatable bonds is 6. The summed E-state index contributed by atoms with van der Waals surface area (Å²) in [4.78, 5) is 24.4. The molecule has 0 spiro atoms. The molecule has 1 fully saturated rings. The summed E-state index contributed by atoms with van der Waals surface area (Å²) in [7, 11) is -3.75. The molecule has 166 valence electrons. The quantitative estimate of drug-likeness (QED) is 0.672. The van der Waals surface area contributed by atoms with E-state index in [0.29, 0.717) is 19.3 Å². The fraction of sp³-hybridized carbons (Fsp3) is 0.300. The van der Waals surface area contributed by atoms with E-state index in [1.165, 1.54) is 35.5 Å². The maximum atomic E-state index is 13.3. The highest BCUT2D eigenvalue weighted by molar-refractivity contribution is 7.89. The van der Waals surface area contributed by atoms with E-state index in [4.69, 9.17) is 9.47 Å². The van der Waals surface area contributed by atoms with Gasteiger partial charge in [-0.25, -0.2) is 22.0 Å². The molecule has 2 aromatic carbocycles. The van der Waals surface area contributed by atoms with Gasteiger partial charge < -0.3 is 14.8 Å². The van der Waals surface area contributed by atoms with Gasteiger partial charge in [0.15, 0.2) is 17.7 Å². The predicted octanol–water partition coefficient (Wildman–Crippen LogP) is 2.17.